The Morgan fingerprint density at radius 1 is 1.40 bits per heavy atom. The highest BCUT2D eigenvalue weighted by molar-refractivity contribution is 5.83. The fraction of sp³-hybridized carbons (Fsp3) is 0.750. The number of carboxylic acid groups (broad SMARTS) is 1. The molecule has 0 bridgehead atoms. The first-order valence-electron chi connectivity index (χ1n) is 6.37. The second kappa shape index (κ2) is 6.56. The van der Waals surface area contributed by atoms with E-state index in [0.29, 0.717) is 6.54 Å². The zero-order chi connectivity index (χ0) is 15.3. The third-order valence-corrected chi connectivity index (χ3v) is 3.15. The fourth-order valence-electron chi connectivity index (χ4n) is 1.81. The van der Waals surface area contributed by atoms with Crippen molar-refractivity contribution in [2.75, 3.05) is 33.3 Å². The molecule has 0 saturated carbocycles. The molecular formula is C12H21N3O5. The van der Waals surface area contributed by atoms with Crippen molar-refractivity contribution in [1.29, 1.82) is 0 Å². The number of carbonyl (C=O) groups excluding carboxylic acids is 2. The number of nitrogens with one attached hydrogen (secondary N) is 2. The quantitative estimate of drug-likeness (QED) is 0.631. The molecule has 0 radical (unpaired) electrons. The number of ether oxygens (including phenoxy) is 1. The lowest BCUT2D eigenvalue weighted by Gasteiger charge is -2.32. The smallest absolute Gasteiger partial charge is 0.334 e. The summed E-state index contributed by atoms with van der Waals surface area (Å²) in [4.78, 5) is 35.8. The molecule has 1 fully saturated rings. The minimum atomic E-state index is -1.09. The van der Waals surface area contributed by atoms with Crippen molar-refractivity contribution in [3.05, 3.63) is 0 Å². The molecule has 8 heteroatoms. The number of hydrogen-bond acceptors (Lipinski definition) is 4. The molecule has 114 valence electrons. The molecule has 1 saturated heterocycles. The molecule has 1 heterocycles. The molecule has 0 aromatic heterocycles. The molecule has 20 heavy (non-hydrogen) atoms. The number of carboxylic acids is 1. The Labute approximate surface area is 117 Å². The van der Waals surface area contributed by atoms with Crippen LogP contribution in [0.4, 0.5) is 4.79 Å². The molecule has 0 aliphatic carbocycles. The summed E-state index contributed by atoms with van der Waals surface area (Å²) in [6, 6.07) is -0.392. The van der Waals surface area contributed by atoms with E-state index in [1.54, 1.807) is 13.8 Å². The van der Waals surface area contributed by atoms with Gasteiger partial charge < -0.3 is 25.4 Å². The highest BCUT2D eigenvalue weighted by atomic mass is 16.5. The summed E-state index contributed by atoms with van der Waals surface area (Å²) in [6.07, 6.45) is -0.999. The van der Waals surface area contributed by atoms with E-state index in [9.17, 15) is 14.4 Å². The average Bonchev–Trinajstić information content (AvgIpc) is 2.43. The predicted molar refractivity (Wildman–Crippen MR) is 70.2 cm³/mol. The van der Waals surface area contributed by atoms with Gasteiger partial charge >= 0.3 is 12.0 Å². The summed E-state index contributed by atoms with van der Waals surface area (Å²) in [5, 5.41) is 14.0. The number of amides is 3. The summed E-state index contributed by atoms with van der Waals surface area (Å²) in [7, 11) is 1.53. The summed E-state index contributed by atoms with van der Waals surface area (Å²) < 4.78 is 5.04. The SMILES string of the molecule is CNC(=O)C(C)(C)CNC(=O)N1CCOC(C(=O)O)C1. The van der Waals surface area contributed by atoms with Gasteiger partial charge in [0.25, 0.3) is 0 Å². The lowest BCUT2D eigenvalue weighted by Crippen LogP contribution is -2.53. The van der Waals surface area contributed by atoms with E-state index in [2.05, 4.69) is 10.6 Å². The minimum Gasteiger partial charge on any atom is -0.479 e. The van der Waals surface area contributed by atoms with E-state index in [1.165, 1.54) is 11.9 Å². The van der Waals surface area contributed by atoms with Crippen LogP contribution in [-0.4, -0.2) is 67.3 Å². The van der Waals surface area contributed by atoms with Crippen molar-refractivity contribution in [1.82, 2.24) is 15.5 Å². The summed E-state index contributed by atoms with van der Waals surface area (Å²) in [5.41, 5.74) is -0.733. The molecule has 1 aliphatic rings. The van der Waals surface area contributed by atoms with Gasteiger partial charge in [-0.05, 0) is 13.8 Å². The van der Waals surface area contributed by atoms with Crippen molar-refractivity contribution in [2.45, 2.75) is 20.0 Å². The minimum absolute atomic E-state index is 0.00156. The van der Waals surface area contributed by atoms with Gasteiger partial charge in [0.1, 0.15) is 0 Å². The van der Waals surface area contributed by atoms with E-state index in [1.807, 2.05) is 0 Å². The average molecular weight is 287 g/mol. The number of urea groups is 1. The predicted octanol–water partition coefficient (Wildman–Crippen LogP) is -0.746. The normalized spacial score (nSPS) is 19.4. The van der Waals surface area contributed by atoms with Crippen molar-refractivity contribution in [3.8, 4) is 0 Å². The third kappa shape index (κ3) is 4.09. The Bertz CT molecular complexity index is 397. The van der Waals surface area contributed by atoms with E-state index in [4.69, 9.17) is 9.84 Å². The molecule has 1 atom stereocenters. The molecule has 0 spiro atoms. The van der Waals surface area contributed by atoms with Crippen molar-refractivity contribution in [2.24, 2.45) is 5.41 Å². The van der Waals surface area contributed by atoms with Crippen LogP contribution in [0.3, 0.4) is 0 Å². The highest BCUT2D eigenvalue weighted by Crippen LogP contribution is 2.13. The Balaban J connectivity index is 2.50. The van der Waals surface area contributed by atoms with Crippen LogP contribution in [0.2, 0.25) is 0 Å². The number of nitrogens with zero attached hydrogens (tertiary/aromatic N) is 1. The molecule has 3 N–H and O–H groups in total. The maximum absolute atomic E-state index is 12.0. The Hall–Kier alpha value is -1.83. The van der Waals surface area contributed by atoms with Gasteiger partial charge in [-0.15, -0.1) is 0 Å². The number of carbonyl (C=O) groups is 3. The third-order valence-electron chi connectivity index (χ3n) is 3.15. The number of morpholine rings is 1. The zero-order valence-corrected chi connectivity index (χ0v) is 11.9. The molecule has 3 amide bonds. The molecule has 0 aromatic rings. The van der Waals surface area contributed by atoms with Crippen LogP contribution in [0.25, 0.3) is 0 Å². The molecule has 8 nitrogen and oxygen atoms in total. The van der Waals surface area contributed by atoms with Crippen LogP contribution >= 0.6 is 0 Å². The first kappa shape index (κ1) is 16.2. The second-order valence-electron chi connectivity index (χ2n) is 5.27. The van der Waals surface area contributed by atoms with Crippen LogP contribution in [0.5, 0.6) is 0 Å². The van der Waals surface area contributed by atoms with Gasteiger partial charge in [0.05, 0.1) is 18.6 Å². The zero-order valence-electron chi connectivity index (χ0n) is 11.9. The maximum Gasteiger partial charge on any atom is 0.334 e. The Morgan fingerprint density at radius 2 is 2.05 bits per heavy atom. The number of aliphatic carboxylic acids is 1. The second-order valence-corrected chi connectivity index (χ2v) is 5.27. The summed E-state index contributed by atoms with van der Waals surface area (Å²) in [5.74, 6) is -1.27. The van der Waals surface area contributed by atoms with E-state index >= 15 is 0 Å². The Morgan fingerprint density at radius 3 is 2.60 bits per heavy atom. The number of hydrogen-bond donors (Lipinski definition) is 3. The largest absolute Gasteiger partial charge is 0.479 e. The molecule has 1 unspecified atom stereocenters. The standard InChI is InChI=1S/C12H21N3O5/c1-12(2,10(18)13-3)7-14-11(19)15-4-5-20-8(6-15)9(16)17/h8H,4-7H2,1-3H3,(H,13,18)(H,14,19)(H,16,17). The van der Waals surface area contributed by atoms with E-state index in [0.717, 1.165) is 0 Å². The van der Waals surface area contributed by atoms with E-state index in [-0.39, 0.29) is 25.6 Å². The van der Waals surface area contributed by atoms with E-state index < -0.39 is 23.5 Å². The van der Waals surface area contributed by atoms with Gasteiger partial charge in [-0.3, -0.25) is 4.79 Å². The van der Waals surface area contributed by atoms with Gasteiger partial charge in [0.15, 0.2) is 6.10 Å². The lowest BCUT2D eigenvalue weighted by molar-refractivity contribution is -0.154. The van der Waals surface area contributed by atoms with Crippen molar-refractivity contribution >= 4 is 17.9 Å². The molecule has 1 aliphatic heterocycles. The molecule has 0 aromatic carbocycles. The maximum atomic E-state index is 12.0. The topological polar surface area (TPSA) is 108 Å². The highest BCUT2D eigenvalue weighted by Gasteiger charge is 2.31. The van der Waals surface area contributed by atoms with Gasteiger partial charge in [-0.25, -0.2) is 9.59 Å². The van der Waals surface area contributed by atoms with Gasteiger partial charge in [0.2, 0.25) is 5.91 Å². The van der Waals surface area contributed by atoms with Crippen molar-refractivity contribution in [3.63, 3.8) is 0 Å². The van der Waals surface area contributed by atoms with Crippen molar-refractivity contribution < 1.29 is 24.2 Å². The van der Waals surface area contributed by atoms with Crippen LogP contribution in [0, 0.1) is 5.41 Å². The van der Waals surface area contributed by atoms with Crippen LogP contribution in [0.1, 0.15) is 13.8 Å². The fourth-order valence-corrected chi connectivity index (χ4v) is 1.81. The first-order chi connectivity index (χ1) is 9.27. The lowest BCUT2D eigenvalue weighted by atomic mass is 9.92. The van der Waals surface area contributed by atoms with Gasteiger partial charge in [0, 0.05) is 20.1 Å². The number of rotatable bonds is 4. The first-order valence-corrected chi connectivity index (χ1v) is 6.37. The Kier molecular flexibility index (Phi) is 5.32. The van der Waals surface area contributed by atoms with Crippen LogP contribution < -0.4 is 10.6 Å². The summed E-state index contributed by atoms with van der Waals surface area (Å²) in [6.45, 7) is 4.11. The molecule has 1 rings (SSSR count). The monoisotopic (exact) mass is 287 g/mol. The van der Waals surface area contributed by atoms with Gasteiger partial charge in [-0.1, -0.05) is 0 Å². The molecular weight excluding hydrogens is 266 g/mol. The van der Waals surface area contributed by atoms with Crippen LogP contribution in [0.15, 0.2) is 0 Å². The van der Waals surface area contributed by atoms with Gasteiger partial charge in [-0.2, -0.15) is 0 Å². The summed E-state index contributed by atoms with van der Waals surface area (Å²) >= 11 is 0. The van der Waals surface area contributed by atoms with Crippen LogP contribution in [-0.2, 0) is 14.3 Å².